The Morgan fingerprint density at radius 3 is 2.19 bits per heavy atom. The molecule has 21 heavy (non-hydrogen) atoms. The third-order valence-electron chi connectivity index (χ3n) is 4.93. The molecule has 1 heteroatoms. The predicted octanol–water partition coefficient (Wildman–Crippen LogP) is 4.85. The third-order valence-corrected chi connectivity index (χ3v) is 4.93. The molecule has 3 atom stereocenters. The van der Waals surface area contributed by atoms with E-state index in [1.807, 2.05) is 0 Å². The van der Waals surface area contributed by atoms with Gasteiger partial charge in [0.2, 0.25) is 0 Å². The fourth-order valence-corrected chi connectivity index (χ4v) is 3.71. The Bertz CT molecular complexity index is 558. The standard InChI is InChI=1S/C20H25N/c1-3-18-19(14-20(18)21-4-2)17-12-10-16(11-13-17)15-8-6-5-7-9-15/h5-13,18-21H,3-4,14H2,1-2H3. The van der Waals surface area contributed by atoms with Crippen LogP contribution in [-0.2, 0) is 0 Å². The molecule has 1 N–H and O–H groups in total. The Labute approximate surface area is 128 Å². The second kappa shape index (κ2) is 6.44. The Hall–Kier alpha value is -1.60. The summed E-state index contributed by atoms with van der Waals surface area (Å²) >= 11 is 0. The summed E-state index contributed by atoms with van der Waals surface area (Å²) in [5.74, 6) is 1.54. The van der Waals surface area contributed by atoms with Gasteiger partial charge in [-0.25, -0.2) is 0 Å². The molecule has 0 aromatic heterocycles. The van der Waals surface area contributed by atoms with Crippen LogP contribution in [0.2, 0.25) is 0 Å². The van der Waals surface area contributed by atoms with Gasteiger partial charge in [0, 0.05) is 6.04 Å². The van der Waals surface area contributed by atoms with Crippen LogP contribution in [0.1, 0.15) is 38.2 Å². The number of hydrogen-bond acceptors (Lipinski definition) is 1. The zero-order valence-corrected chi connectivity index (χ0v) is 13.0. The first-order valence-electron chi connectivity index (χ1n) is 8.22. The topological polar surface area (TPSA) is 12.0 Å². The summed E-state index contributed by atoms with van der Waals surface area (Å²) in [7, 11) is 0. The van der Waals surface area contributed by atoms with Crippen LogP contribution >= 0.6 is 0 Å². The predicted molar refractivity (Wildman–Crippen MR) is 90.5 cm³/mol. The van der Waals surface area contributed by atoms with Crippen LogP contribution in [0, 0.1) is 5.92 Å². The highest BCUT2D eigenvalue weighted by Gasteiger charge is 2.39. The minimum Gasteiger partial charge on any atom is -0.314 e. The smallest absolute Gasteiger partial charge is 0.0107 e. The molecule has 0 radical (unpaired) electrons. The first-order chi connectivity index (χ1) is 10.3. The van der Waals surface area contributed by atoms with E-state index < -0.39 is 0 Å². The van der Waals surface area contributed by atoms with Crippen LogP contribution in [0.15, 0.2) is 54.6 Å². The molecule has 0 spiro atoms. The molecule has 0 amide bonds. The van der Waals surface area contributed by atoms with Gasteiger partial charge in [0.05, 0.1) is 0 Å². The SMILES string of the molecule is CCNC1CC(c2ccc(-c3ccccc3)cc2)C1CC. The van der Waals surface area contributed by atoms with E-state index in [0.29, 0.717) is 0 Å². The van der Waals surface area contributed by atoms with Crippen molar-refractivity contribution in [3.63, 3.8) is 0 Å². The quantitative estimate of drug-likeness (QED) is 0.825. The molecule has 110 valence electrons. The van der Waals surface area contributed by atoms with E-state index in [1.54, 1.807) is 0 Å². The van der Waals surface area contributed by atoms with Crippen molar-refractivity contribution in [3.8, 4) is 11.1 Å². The van der Waals surface area contributed by atoms with Gasteiger partial charge in [0.25, 0.3) is 0 Å². The van der Waals surface area contributed by atoms with Crippen molar-refractivity contribution >= 4 is 0 Å². The lowest BCUT2D eigenvalue weighted by molar-refractivity contribution is 0.163. The van der Waals surface area contributed by atoms with Crippen molar-refractivity contribution in [3.05, 3.63) is 60.2 Å². The van der Waals surface area contributed by atoms with E-state index in [9.17, 15) is 0 Å². The van der Waals surface area contributed by atoms with Gasteiger partial charge in [-0.3, -0.25) is 0 Å². The molecule has 0 saturated heterocycles. The molecule has 2 aromatic carbocycles. The average Bonchev–Trinajstić information content (AvgIpc) is 2.53. The zero-order valence-electron chi connectivity index (χ0n) is 13.0. The van der Waals surface area contributed by atoms with Crippen LogP contribution in [-0.4, -0.2) is 12.6 Å². The van der Waals surface area contributed by atoms with Crippen molar-refractivity contribution in [1.82, 2.24) is 5.32 Å². The highest BCUT2D eigenvalue weighted by Crippen LogP contribution is 2.44. The van der Waals surface area contributed by atoms with Crippen LogP contribution < -0.4 is 5.32 Å². The van der Waals surface area contributed by atoms with E-state index in [-0.39, 0.29) is 0 Å². The highest BCUT2D eigenvalue weighted by molar-refractivity contribution is 5.63. The summed E-state index contributed by atoms with van der Waals surface area (Å²) in [6, 6.07) is 20.6. The Morgan fingerprint density at radius 2 is 1.57 bits per heavy atom. The van der Waals surface area contributed by atoms with Crippen LogP contribution in [0.5, 0.6) is 0 Å². The Kier molecular flexibility index (Phi) is 4.40. The van der Waals surface area contributed by atoms with E-state index in [0.717, 1.165) is 24.4 Å². The molecule has 0 bridgehead atoms. The zero-order chi connectivity index (χ0) is 14.7. The van der Waals surface area contributed by atoms with E-state index >= 15 is 0 Å². The molecule has 0 heterocycles. The third kappa shape index (κ3) is 2.89. The van der Waals surface area contributed by atoms with Crippen molar-refractivity contribution in [2.75, 3.05) is 6.54 Å². The minimum atomic E-state index is 0.721. The molecular weight excluding hydrogens is 254 g/mol. The van der Waals surface area contributed by atoms with Crippen molar-refractivity contribution in [1.29, 1.82) is 0 Å². The second-order valence-electron chi connectivity index (χ2n) is 6.07. The van der Waals surface area contributed by atoms with Gasteiger partial charge in [0.1, 0.15) is 0 Å². The van der Waals surface area contributed by atoms with E-state index in [2.05, 4.69) is 73.8 Å². The van der Waals surface area contributed by atoms with Gasteiger partial charge >= 0.3 is 0 Å². The van der Waals surface area contributed by atoms with Gasteiger partial charge in [-0.15, -0.1) is 0 Å². The minimum absolute atomic E-state index is 0.721. The normalized spacial score (nSPS) is 24.6. The van der Waals surface area contributed by atoms with Crippen LogP contribution in [0.3, 0.4) is 0 Å². The lowest BCUT2D eigenvalue weighted by Crippen LogP contribution is -2.48. The molecule has 3 unspecified atom stereocenters. The van der Waals surface area contributed by atoms with E-state index in [1.165, 1.54) is 29.5 Å². The average molecular weight is 279 g/mol. The Morgan fingerprint density at radius 1 is 0.905 bits per heavy atom. The number of benzene rings is 2. The molecule has 1 aliphatic carbocycles. The molecule has 1 nitrogen and oxygen atoms in total. The van der Waals surface area contributed by atoms with Gasteiger partial charge in [-0.1, -0.05) is 74.9 Å². The highest BCUT2D eigenvalue weighted by atomic mass is 14.9. The maximum absolute atomic E-state index is 3.62. The first kappa shape index (κ1) is 14.3. The van der Waals surface area contributed by atoms with Gasteiger partial charge in [-0.2, -0.15) is 0 Å². The summed E-state index contributed by atoms with van der Waals surface area (Å²) in [5, 5.41) is 3.62. The van der Waals surface area contributed by atoms with Gasteiger partial charge < -0.3 is 5.32 Å². The molecule has 0 aliphatic heterocycles. The Balaban J connectivity index is 1.73. The maximum atomic E-state index is 3.62. The largest absolute Gasteiger partial charge is 0.314 e. The van der Waals surface area contributed by atoms with E-state index in [4.69, 9.17) is 0 Å². The summed E-state index contributed by atoms with van der Waals surface area (Å²) in [6.07, 6.45) is 2.56. The fourth-order valence-electron chi connectivity index (χ4n) is 3.71. The molecule has 2 aromatic rings. The second-order valence-corrected chi connectivity index (χ2v) is 6.07. The lowest BCUT2D eigenvalue weighted by Gasteiger charge is -2.45. The summed E-state index contributed by atoms with van der Waals surface area (Å²) < 4.78 is 0. The molecule has 1 saturated carbocycles. The summed E-state index contributed by atoms with van der Waals surface area (Å²) in [5.41, 5.74) is 4.13. The van der Waals surface area contributed by atoms with Gasteiger partial charge in [0.15, 0.2) is 0 Å². The number of hydrogen-bond donors (Lipinski definition) is 1. The molecule has 3 rings (SSSR count). The lowest BCUT2D eigenvalue weighted by atomic mass is 9.65. The van der Waals surface area contributed by atoms with Crippen LogP contribution in [0.25, 0.3) is 11.1 Å². The number of nitrogens with one attached hydrogen (secondary N) is 1. The van der Waals surface area contributed by atoms with Crippen molar-refractivity contribution < 1.29 is 0 Å². The fraction of sp³-hybridized carbons (Fsp3) is 0.400. The molecule has 1 aliphatic rings. The monoisotopic (exact) mass is 279 g/mol. The maximum Gasteiger partial charge on any atom is 0.0107 e. The number of rotatable bonds is 5. The molecule has 1 fully saturated rings. The van der Waals surface area contributed by atoms with Crippen molar-refractivity contribution in [2.24, 2.45) is 5.92 Å². The van der Waals surface area contributed by atoms with Gasteiger partial charge in [-0.05, 0) is 41.5 Å². The summed E-state index contributed by atoms with van der Waals surface area (Å²) in [4.78, 5) is 0. The summed E-state index contributed by atoms with van der Waals surface area (Å²) in [6.45, 7) is 5.61. The first-order valence-corrected chi connectivity index (χ1v) is 8.22. The van der Waals surface area contributed by atoms with Crippen molar-refractivity contribution in [2.45, 2.75) is 38.6 Å². The molecular formula is C20H25N. The van der Waals surface area contributed by atoms with Crippen LogP contribution in [0.4, 0.5) is 0 Å².